The first-order chi connectivity index (χ1) is 14.7. The monoisotopic (exact) mass is 408 g/mol. The summed E-state index contributed by atoms with van der Waals surface area (Å²) in [5.41, 5.74) is 1.03. The van der Waals surface area contributed by atoms with Crippen LogP contribution in [0.15, 0.2) is 71.8 Å². The van der Waals surface area contributed by atoms with Crippen molar-refractivity contribution in [2.24, 2.45) is 0 Å². The molecule has 1 aliphatic rings. The average molecular weight is 408 g/mol. The second-order valence-corrected chi connectivity index (χ2v) is 7.30. The van der Waals surface area contributed by atoms with E-state index in [4.69, 9.17) is 4.74 Å². The smallest absolute Gasteiger partial charge is 0.293 e. The molecule has 0 amide bonds. The van der Waals surface area contributed by atoms with Crippen molar-refractivity contribution in [1.29, 1.82) is 0 Å². The SMILES string of the molecule is O=c1c(N2CCN(CCOc3ccc(F)cc3)CC2)nccn1Cc1ccccc1. The number of nitrogens with zero attached hydrogens (tertiary/aromatic N) is 4. The van der Waals surface area contributed by atoms with Crippen LogP contribution >= 0.6 is 0 Å². The molecule has 0 radical (unpaired) electrons. The van der Waals surface area contributed by atoms with Crippen LogP contribution in [-0.2, 0) is 6.54 Å². The maximum atomic E-state index is 12.9. The summed E-state index contributed by atoms with van der Waals surface area (Å²) in [6.07, 6.45) is 3.43. The minimum Gasteiger partial charge on any atom is -0.492 e. The van der Waals surface area contributed by atoms with Crippen LogP contribution in [0.3, 0.4) is 0 Å². The largest absolute Gasteiger partial charge is 0.492 e. The summed E-state index contributed by atoms with van der Waals surface area (Å²) in [6.45, 7) is 5.02. The van der Waals surface area contributed by atoms with Crippen LogP contribution in [0.2, 0.25) is 0 Å². The van der Waals surface area contributed by atoms with Crippen LogP contribution in [0.4, 0.5) is 10.2 Å². The van der Waals surface area contributed by atoms with Gasteiger partial charge in [0, 0.05) is 45.1 Å². The number of ether oxygens (including phenoxy) is 1. The summed E-state index contributed by atoms with van der Waals surface area (Å²) in [7, 11) is 0. The Kier molecular flexibility index (Phi) is 6.39. The maximum Gasteiger partial charge on any atom is 0.293 e. The van der Waals surface area contributed by atoms with E-state index < -0.39 is 0 Å². The van der Waals surface area contributed by atoms with E-state index in [0.29, 0.717) is 24.7 Å². The van der Waals surface area contributed by atoms with Gasteiger partial charge >= 0.3 is 0 Å². The van der Waals surface area contributed by atoms with Crippen LogP contribution in [0, 0.1) is 5.82 Å². The molecule has 1 saturated heterocycles. The molecule has 1 aliphatic heterocycles. The molecule has 156 valence electrons. The number of rotatable bonds is 7. The third-order valence-corrected chi connectivity index (χ3v) is 5.25. The molecule has 2 aromatic carbocycles. The predicted molar refractivity (Wildman–Crippen MR) is 115 cm³/mol. The Bertz CT molecular complexity index is 1000. The summed E-state index contributed by atoms with van der Waals surface area (Å²) >= 11 is 0. The Balaban J connectivity index is 1.30. The van der Waals surface area contributed by atoms with Crippen LogP contribution in [0.25, 0.3) is 0 Å². The van der Waals surface area contributed by atoms with Crippen molar-refractivity contribution < 1.29 is 9.13 Å². The van der Waals surface area contributed by atoms with Crippen molar-refractivity contribution in [3.8, 4) is 5.75 Å². The standard InChI is InChI=1S/C23H25FN4O2/c24-20-6-8-21(9-7-20)30-17-16-26-12-14-27(15-13-26)22-23(29)28(11-10-25-22)18-19-4-2-1-3-5-19/h1-11H,12-18H2. The highest BCUT2D eigenvalue weighted by atomic mass is 19.1. The van der Waals surface area contributed by atoms with Gasteiger partial charge in [0.2, 0.25) is 0 Å². The second-order valence-electron chi connectivity index (χ2n) is 7.30. The highest BCUT2D eigenvalue weighted by Crippen LogP contribution is 2.12. The van der Waals surface area contributed by atoms with E-state index >= 15 is 0 Å². The van der Waals surface area contributed by atoms with Gasteiger partial charge in [-0.3, -0.25) is 9.69 Å². The summed E-state index contributed by atoms with van der Waals surface area (Å²) in [5, 5.41) is 0. The highest BCUT2D eigenvalue weighted by molar-refractivity contribution is 5.36. The fourth-order valence-corrected chi connectivity index (χ4v) is 3.56. The second kappa shape index (κ2) is 9.54. The maximum absolute atomic E-state index is 12.9. The van der Waals surface area contributed by atoms with E-state index in [0.717, 1.165) is 38.3 Å². The third kappa shape index (κ3) is 5.04. The van der Waals surface area contributed by atoms with Gasteiger partial charge < -0.3 is 14.2 Å². The molecule has 0 aliphatic carbocycles. The van der Waals surface area contributed by atoms with Crippen molar-refractivity contribution in [1.82, 2.24) is 14.5 Å². The predicted octanol–water partition coefficient (Wildman–Crippen LogP) is 2.63. The molecule has 0 atom stereocenters. The summed E-state index contributed by atoms with van der Waals surface area (Å²) in [5.74, 6) is 0.911. The average Bonchev–Trinajstić information content (AvgIpc) is 2.78. The number of benzene rings is 2. The Morgan fingerprint density at radius 1 is 0.967 bits per heavy atom. The molecular weight excluding hydrogens is 383 g/mol. The molecule has 4 rings (SSSR count). The van der Waals surface area contributed by atoms with E-state index in [1.165, 1.54) is 12.1 Å². The van der Waals surface area contributed by atoms with Crippen LogP contribution in [-0.4, -0.2) is 53.8 Å². The lowest BCUT2D eigenvalue weighted by atomic mass is 10.2. The van der Waals surface area contributed by atoms with Gasteiger partial charge in [-0.15, -0.1) is 0 Å². The van der Waals surface area contributed by atoms with Gasteiger partial charge in [0.05, 0.1) is 6.54 Å². The molecule has 0 unspecified atom stereocenters. The van der Waals surface area contributed by atoms with E-state index in [1.807, 2.05) is 30.3 Å². The van der Waals surface area contributed by atoms with Gasteiger partial charge in [0.15, 0.2) is 5.82 Å². The fraction of sp³-hybridized carbons (Fsp3) is 0.304. The molecule has 0 saturated carbocycles. The van der Waals surface area contributed by atoms with E-state index in [9.17, 15) is 9.18 Å². The van der Waals surface area contributed by atoms with E-state index in [1.54, 1.807) is 29.1 Å². The van der Waals surface area contributed by atoms with Crippen molar-refractivity contribution >= 4 is 5.82 Å². The summed E-state index contributed by atoms with van der Waals surface area (Å²) in [4.78, 5) is 21.6. The molecule has 0 spiro atoms. The van der Waals surface area contributed by atoms with Gasteiger partial charge in [-0.05, 0) is 29.8 Å². The number of piperazine rings is 1. The fourth-order valence-electron chi connectivity index (χ4n) is 3.56. The lowest BCUT2D eigenvalue weighted by Crippen LogP contribution is -2.49. The molecule has 6 nitrogen and oxygen atoms in total. The topological polar surface area (TPSA) is 50.6 Å². The molecule has 3 aromatic rings. The normalized spacial score (nSPS) is 14.6. The zero-order chi connectivity index (χ0) is 20.8. The van der Waals surface area contributed by atoms with Gasteiger partial charge in [-0.2, -0.15) is 0 Å². The molecule has 7 heteroatoms. The Morgan fingerprint density at radius 3 is 2.43 bits per heavy atom. The number of anilines is 1. The van der Waals surface area contributed by atoms with Crippen LogP contribution < -0.4 is 15.2 Å². The molecule has 1 aromatic heterocycles. The summed E-state index contributed by atoms with van der Waals surface area (Å²) < 4.78 is 20.3. The van der Waals surface area contributed by atoms with Crippen molar-refractivity contribution in [2.75, 3.05) is 44.2 Å². The van der Waals surface area contributed by atoms with Crippen molar-refractivity contribution in [3.63, 3.8) is 0 Å². The number of aromatic nitrogens is 2. The molecule has 30 heavy (non-hydrogen) atoms. The molecule has 0 bridgehead atoms. The lowest BCUT2D eigenvalue weighted by Gasteiger charge is -2.35. The third-order valence-electron chi connectivity index (χ3n) is 5.25. The van der Waals surface area contributed by atoms with E-state index in [-0.39, 0.29) is 11.4 Å². The van der Waals surface area contributed by atoms with Gasteiger partial charge in [-0.1, -0.05) is 30.3 Å². The Labute approximate surface area is 175 Å². The first kappa shape index (κ1) is 20.1. The molecular formula is C23H25FN4O2. The number of hydrogen-bond donors (Lipinski definition) is 0. The minimum atomic E-state index is -0.268. The highest BCUT2D eigenvalue weighted by Gasteiger charge is 2.20. The number of halogens is 1. The molecule has 1 fully saturated rings. The molecule has 2 heterocycles. The van der Waals surface area contributed by atoms with Crippen molar-refractivity contribution in [3.05, 3.63) is 88.7 Å². The zero-order valence-electron chi connectivity index (χ0n) is 16.8. The van der Waals surface area contributed by atoms with E-state index in [2.05, 4.69) is 14.8 Å². The Hall–Kier alpha value is -3.19. The zero-order valence-corrected chi connectivity index (χ0v) is 16.8. The first-order valence-electron chi connectivity index (χ1n) is 10.1. The van der Waals surface area contributed by atoms with Gasteiger partial charge in [0.25, 0.3) is 5.56 Å². The quantitative estimate of drug-likeness (QED) is 0.602. The first-order valence-corrected chi connectivity index (χ1v) is 10.1. The minimum absolute atomic E-state index is 0.0607. The van der Waals surface area contributed by atoms with Crippen molar-refractivity contribution in [2.45, 2.75) is 6.54 Å². The Morgan fingerprint density at radius 2 is 1.70 bits per heavy atom. The molecule has 0 N–H and O–H groups in total. The van der Waals surface area contributed by atoms with Crippen LogP contribution in [0.5, 0.6) is 5.75 Å². The van der Waals surface area contributed by atoms with Crippen LogP contribution in [0.1, 0.15) is 5.56 Å². The van der Waals surface area contributed by atoms with Gasteiger partial charge in [0.1, 0.15) is 18.2 Å². The summed E-state index contributed by atoms with van der Waals surface area (Å²) in [6, 6.07) is 16.0. The number of hydrogen-bond acceptors (Lipinski definition) is 5. The van der Waals surface area contributed by atoms with Gasteiger partial charge in [-0.25, -0.2) is 9.37 Å². The lowest BCUT2D eigenvalue weighted by molar-refractivity contribution is 0.200.